The van der Waals surface area contributed by atoms with Crippen molar-refractivity contribution in [3.8, 4) is 0 Å². The van der Waals surface area contributed by atoms with E-state index in [2.05, 4.69) is 4.98 Å². The van der Waals surface area contributed by atoms with Crippen LogP contribution in [0.2, 0.25) is 0 Å². The number of aryl methyl sites for hydroxylation is 1. The molecule has 0 amide bonds. The molecular formula is C11H15NO3S. The second kappa shape index (κ2) is 6.37. The first-order valence-electron chi connectivity index (χ1n) is 5.07. The summed E-state index contributed by atoms with van der Waals surface area (Å²) in [6, 6.07) is 3.75. The average Bonchev–Trinajstić information content (AvgIpc) is 2.26. The van der Waals surface area contributed by atoms with Gasteiger partial charge in [0.2, 0.25) is 0 Å². The Balaban J connectivity index is 2.38. The van der Waals surface area contributed by atoms with E-state index < -0.39 is 16.8 Å². The minimum Gasteiger partial charge on any atom is -0.481 e. The summed E-state index contributed by atoms with van der Waals surface area (Å²) in [5.74, 6) is -0.400. The van der Waals surface area contributed by atoms with Crippen molar-refractivity contribution in [1.29, 1.82) is 0 Å². The summed E-state index contributed by atoms with van der Waals surface area (Å²) < 4.78 is 11.7. The number of hydrogen-bond donors (Lipinski definition) is 1. The molecule has 0 aliphatic rings. The summed E-state index contributed by atoms with van der Waals surface area (Å²) in [5, 5.41) is 8.28. The van der Waals surface area contributed by atoms with Crippen molar-refractivity contribution in [1.82, 2.24) is 4.98 Å². The van der Waals surface area contributed by atoms with Crippen LogP contribution in [-0.2, 0) is 22.0 Å². The lowest BCUT2D eigenvalue weighted by molar-refractivity contribution is -0.136. The second-order valence-corrected chi connectivity index (χ2v) is 5.57. The van der Waals surface area contributed by atoms with Crippen LogP contribution in [0.25, 0.3) is 0 Å². The average molecular weight is 241 g/mol. The summed E-state index contributed by atoms with van der Waals surface area (Å²) in [5.41, 5.74) is 1.07. The van der Waals surface area contributed by atoms with Crippen molar-refractivity contribution in [3.63, 3.8) is 0 Å². The number of carbonyl (C=O) groups is 1. The normalized spacial score (nSPS) is 14.3. The van der Waals surface area contributed by atoms with E-state index in [9.17, 15) is 9.00 Å². The SMILES string of the molecule is CC(CC(=O)O)S(=O)CCc1ccncc1. The van der Waals surface area contributed by atoms with E-state index in [0.29, 0.717) is 12.2 Å². The van der Waals surface area contributed by atoms with Gasteiger partial charge in [-0.05, 0) is 24.1 Å². The fraction of sp³-hybridized carbons (Fsp3) is 0.455. The van der Waals surface area contributed by atoms with E-state index in [1.54, 1.807) is 19.3 Å². The van der Waals surface area contributed by atoms with Gasteiger partial charge in [0.05, 0.1) is 6.42 Å². The van der Waals surface area contributed by atoms with Crippen molar-refractivity contribution >= 4 is 16.8 Å². The fourth-order valence-corrected chi connectivity index (χ4v) is 2.48. The van der Waals surface area contributed by atoms with Crippen LogP contribution in [0.4, 0.5) is 0 Å². The zero-order chi connectivity index (χ0) is 12.0. The molecule has 5 heteroatoms. The van der Waals surface area contributed by atoms with Gasteiger partial charge in [0.15, 0.2) is 0 Å². The van der Waals surface area contributed by atoms with Gasteiger partial charge in [-0.1, -0.05) is 6.92 Å². The van der Waals surface area contributed by atoms with E-state index in [0.717, 1.165) is 5.56 Å². The van der Waals surface area contributed by atoms with E-state index in [1.807, 2.05) is 12.1 Å². The first-order chi connectivity index (χ1) is 7.59. The van der Waals surface area contributed by atoms with Gasteiger partial charge in [-0.3, -0.25) is 14.0 Å². The summed E-state index contributed by atoms with van der Waals surface area (Å²) in [4.78, 5) is 14.3. The molecule has 1 rings (SSSR count). The number of aromatic nitrogens is 1. The van der Waals surface area contributed by atoms with Crippen LogP contribution < -0.4 is 0 Å². The van der Waals surface area contributed by atoms with E-state index in [4.69, 9.17) is 5.11 Å². The number of pyridine rings is 1. The molecule has 0 radical (unpaired) electrons. The van der Waals surface area contributed by atoms with Gasteiger partial charge in [-0.25, -0.2) is 0 Å². The fourth-order valence-electron chi connectivity index (χ4n) is 1.31. The molecule has 1 aromatic heterocycles. The molecule has 0 fully saturated rings. The third kappa shape index (κ3) is 4.53. The molecular weight excluding hydrogens is 226 g/mol. The molecule has 0 aliphatic carbocycles. The third-order valence-electron chi connectivity index (χ3n) is 2.25. The topological polar surface area (TPSA) is 67.3 Å². The Morgan fingerprint density at radius 2 is 2.12 bits per heavy atom. The van der Waals surface area contributed by atoms with Crippen LogP contribution in [0.15, 0.2) is 24.5 Å². The molecule has 88 valence electrons. The van der Waals surface area contributed by atoms with Gasteiger partial charge >= 0.3 is 5.97 Å². The Kier molecular flexibility index (Phi) is 5.11. The van der Waals surface area contributed by atoms with Crippen molar-refractivity contribution in [3.05, 3.63) is 30.1 Å². The maximum atomic E-state index is 11.7. The molecule has 2 atom stereocenters. The highest BCUT2D eigenvalue weighted by atomic mass is 32.2. The Morgan fingerprint density at radius 3 is 2.69 bits per heavy atom. The minimum absolute atomic E-state index is 0.0387. The highest BCUT2D eigenvalue weighted by Gasteiger charge is 2.14. The molecule has 1 N–H and O–H groups in total. The van der Waals surface area contributed by atoms with Gasteiger partial charge in [0, 0.05) is 34.2 Å². The third-order valence-corrected chi connectivity index (χ3v) is 3.92. The molecule has 0 spiro atoms. The van der Waals surface area contributed by atoms with Gasteiger partial charge < -0.3 is 5.11 Å². The maximum Gasteiger partial charge on any atom is 0.304 e. The highest BCUT2D eigenvalue weighted by Crippen LogP contribution is 2.05. The zero-order valence-corrected chi connectivity index (χ0v) is 9.94. The lowest BCUT2D eigenvalue weighted by Gasteiger charge is -2.08. The Labute approximate surface area is 97.2 Å². The first-order valence-corrected chi connectivity index (χ1v) is 6.45. The molecule has 1 aromatic rings. The van der Waals surface area contributed by atoms with Crippen molar-refractivity contribution in [2.75, 3.05) is 5.75 Å². The molecule has 0 saturated carbocycles. The predicted octanol–water partition coefficient (Wildman–Crippen LogP) is 1.24. The largest absolute Gasteiger partial charge is 0.481 e. The lowest BCUT2D eigenvalue weighted by Crippen LogP contribution is -2.19. The van der Waals surface area contributed by atoms with Gasteiger partial charge in [0.25, 0.3) is 0 Å². The number of nitrogens with zero attached hydrogens (tertiary/aromatic N) is 1. The number of carboxylic acids is 1. The maximum absolute atomic E-state index is 11.7. The first kappa shape index (κ1) is 12.8. The quantitative estimate of drug-likeness (QED) is 0.813. The summed E-state index contributed by atoms with van der Waals surface area (Å²) in [6.45, 7) is 1.71. The van der Waals surface area contributed by atoms with Crippen LogP contribution >= 0.6 is 0 Å². The molecule has 0 aliphatic heterocycles. The van der Waals surface area contributed by atoms with E-state index in [-0.39, 0.29) is 11.7 Å². The standard InChI is InChI=1S/C11H15NO3S/c1-9(8-11(13)14)16(15)7-4-10-2-5-12-6-3-10/h2-3,5-6,9H,4,7-8H2,1H3,(H,13,14). The minimum atomic E-state index is -1.09. The van der Waals surface area contributed by atoms with Crippen molar-refractivity contribution < 1.29 is 14.1 Å². The Bertz CT molecular complexity index is 367. The molecule has 1 heterocycles. The van der Waals surface area contributed by atoms with E-state index >= 15 is 0 Å². The second-order valence-electron chi connectivity index (χ2n) is 3.60. The Hall–Kier alpha value is -1.23. The zero-order valence-electron chi connectivity index (χ0n) is 9.13. The van der Waals surface area contributed by atoms with Crippen LogP contribution in [0.3, 0.4) is 0 Å². The monoisotopic (exact) mass is 241 g/mol. The van der Waals surface area contributed by atoms with Crippen LogP contribution in [0.1, 0.15) is 18.9 Å². The van der Waals surface area contributed by atoms with Crippen LogP contribution in [0.5, 0.6) is 0 Å². The molecule has 0 aromatic carbocycles. The molecule has 0 saturated heterocycles. The highest BCUT2D eigenvalue weighted by molar-refractivity contribution is 7.85. The molecule has 0 bridgehead atoms. The Morgan fingerprint density at radius 1 is 1.50 bits per heavy atom. The number of carboxylic acid groups (broad SMARTS) is 1. The van der Waals surface area contributed by atoms with E-state index in [1.165, 1.54) is 0 Å². The summed E-state index contributed by atoms with van der Waals surface area (Å²) in [7, 11) is -1.09. The molecule has 16 heavy (non-hydrogen) atoms. The lowest BCUT2D eigenvalue weighted by atomic mass is 10.2. The van der Waals surface area contributed by atoms with Crippen LogP contribution in [-0.4, -0.2) is 31.3 Å². The van der Waals surface area contributed by atoms with Crippen molar-refractivity contribution in [2.24, 2.45) is 0 Å². The van der Waals surface area contributed by atoms with Gasteiger partial charge in [-0.2, -0.15) is 0 Å². The van der Waals surface area contributed by atoms with Crippen molar-refractivity contribution in [2.45, 2.75) is 25.0 Å². The summed E-state index contributed by atoms with van der Waals surface area (Å²) in [6.07, 6.45) is 4.04. The summed E-state index contributed by atoms with van der Waals surface area (Å²) >= 11 is 0. The number of aliphatic carboxylic acids is 1. The van der Waals surface area contributed by atoms with Gasteiger partial charge in [-0.15, -0.1) is 0 Å². The smallest absolute Gasteiger partial charge is 0.304 e. The number of rotatable bonds is 6. The van der Waals surface area contributed by atoms with Gasteiger partial charge in [0.1, 0.15) is 0 Å². The number of hydrogen-bond acceptors (Lipinski definition) is 3. The molecule has 4 nitrogen and oxygen atoms in total. The predicted molar refractivity (Wildman–Crippen MR) is 62.7 cm³/mol. The molecule has 2 unspecified atom stereocenters. The van der Waals surface area contributed by atoms with Crippen LogP contribution in [0, 0.1) is 0 Å².